The number of halogens is 3. The van der Waals surface area contributed by atoms with Gasteiger partial charge in [0.2, 0.25) is 10.0 Å². The monoisotopic (exact) mass is 338 g/mol. The summed E-state index contributed by atoms with van der Waals surface area (Å²) in [5.41, 5.74) is 0. The van der Waals surface area contributed by atoms with Gasteiger partial charge in [-0.05, 0) is 45.1 Å². The van der Waals surface area contributed by atoms with E-state index in [1.165, 1.54) is 12.1 Å². The first-order valence-corrected chi connectivity index (χ1v) is 8.21. The Bertz CT molecular complexity index is 611. The third kappa shape index (κ3) is 4.59. The van der Waals surface area contributed by atoms with Crippen molar-refractivity contribution in [3.8, 4) is 5.75 Å². The predicted octanol–water partition coefficient (Wildman–Crippen LogP) is 1.96. The van der Waals surface area contributed by atoms with E-state index in [0.29, 0.717) is 12.8 Å². The Morgan fingerprint density at radius 1 is 1.23 bits per heavy atom. The lowest BCUT2D eigenvalue weighted by molar-refractivity contribution is -0.275. The standard InChI is InChI=1S/C13H17F3N2O3S/c1-18-8-6-10(7-9-18)17-22(19,20)12-5-3-2-4-11(12)21-13(14,15)16/h2-5,10,17H,6-9H2,1H3. The van der Waals surface area contributed by atoms with Crippen molar-refractivity contribution in [3.05, 3.63) is 24.3 Å². The molecule has 9 heteroatoms. The Morgan fingerprint density at radius 3 is 2.41 bits per heavy atom. The van der Waals surface area contributed by atoms with Gasteiger partial charge in [0, 0.05) is 6.04 Å². The van der Waals surface area contributed by atoms with Gasteiger partial charge in [-0.15, -0.1) is 13.2 Å². The number of likely N-dealkylation sites (tertiary alicyclic amines) is 1. The fraction of sp³-hybridized carbons (Fsp3) is 0.538. The smallest absolute Gasteiger partial charge is 0.404 e. The molecule has 1 aromatic carbocycles. The van der Waals surface area contributed by atoms with Crippen LogP contribution in [0.25, 0.3) is 0 Å². The molecule has 1 N–H and O–H groups in total. The molecule has 1 heterocycles. The van der Waals surface area contributed by atoms with Crippen molar-refractivity contribution >= 4 is 10.0 Å². The molecule has 0 aromatic heterocycles. The summed E-state index contributed by atoms with van der Waals surface area (Å²) in [7, 11) is -2.15. The second-order valence-electron chi connectivity index (χ2n) is 5.19. The van der Waals surface area contributed by atoms with Crippen molar-refractivity contribution in [3.63, 3.8) is 0 Å². The molecule has 1 fully saturated rings. The summed E-state index contributed by atoms with van der Waals surface area (Å²) >= 11 is 0. The van der Waals surface area contributed by atoms with Crippen LogP contribution in [0.3, 0.4) is 0 Å². The minimum atomic E-state index is -4.95. The molecule has 0 atom stereocenters. The first-order chi connectivity index (χ1) is 10.2. The quantitative estimate of drug-likeness (QED) is 0.912. The summed E-state index contributed by atoms with van der Waals surface area (Å²) in [5, 5.41) is 0. The SMILES string of the molecule is CN1CCC(NS(=O)(=O)c2ccccc2OC(F)(F)F)CC1. The molecule has 22 heavy (non-hydrogen) atoms. The van der Waals surface area contributed by atoms with Crippen LogP contribution in [0.1, 0.15) is 12.8 Å². The highest BCUT2D eigenvalue weighted by Gasteiger charge is 2.34. The molecule has 2 rings (SSSR count). The van der Waals surface area contributed by atoms with E-state index in [0.717, 1.165) is 25.2 Å². The number of nitrogens with zero attached hydrogens (tertiary/aromatic N) is 1. The molecule has 0 radical (unpaired) electrons. The lowest BCUT2D eigenvalue weighted by Crippen LogP contribution is -2.43. The van der Waals surface area contributed by atoms with E-state index < -0.39 is 27.0 Å². The Hall–Kier alpha value is -1.32. The molecular formula is C13H17F3N2O3S. The number of piperidine rings is 1. The van der Waals surface area contributed by atoms with Gasteiger partial charge in [-0.2, -0.15) is 0 Å². The van der Waals surface area contributed by atoms with E-state index in [4.69, 9.17) is 0 Å². The molecule has 1 saturated heterocycles. The minimum Gasteiger partial charge on any atom is -0.404 e. The topological polar surface area (TPSA) is 58.6 Å². The van der Waals surface area contributed by atoms with E-state index in [1.54, 1.807) is 0 Å². The summed E-state index contributed by atoms with van der Waals surface area (Å²) in [6.07, 6.45) is -3.73. The molecule has 1 aromatic rings. The van der Waals surface area contributed by atoms with Crippen molar-refractivity contribution < 1.29 is 26.3 Å². The second kappa shape index (κ2) is 6.43. The molecule has 1 aliphatic rings. The van der Waals surface area contributed by atoms with E-state index in [2.05, 4.69) is 14.4 Å². The van der Waals surface area contributed by atoms with Gasteiger partial charge in [0.15, 0.2) is 0 Å². The second-order valence-corrected chi connectivity index (χ2v) is 6.88. The first-order valence-electron chi connectivity index (χ1n) is 6.73. The Kier molecular flexibility index (Phi) is 4.98. The van der Waals surface area contributed by atoms with Gasteiger partial charge < -0.3 is 9.64 Å². The van der Waals surface area contributed by atoms with Gasteiger partial charge >= 0.3 is 6.36 Å². The minimum absolute atomic E-state index is 0.292. The Balaban J connectivity index is 2.19. The number of benzene rings is 1. The maximum atomic E-state index is 12.4. The van der Waals surface area contributed by atoms with Crippen molar-refractivity contribution in [2.75, 3.05) is 20.1 Å². The van der Waals surface area contributed by atoms with E-state index in [9.17, 15) is 21.6 Å². The van der Waals surface area contributed by atoms with Crippen molar-refractivity contribution in [2.24, 2.45) is 0 Å². The zero-order valence-corrected chi connectivity index (χ0v) is 12.7. The molecule has 0 bridgehead atoms. The number of alkyl halides is 3. The maximum Gasteiger partial charge on any atom is 0.573 e. The predicted molar refractivity (Wildman–Crippen MR) is 74.0 cm³/mol. The van der Waals surface area contributed by atoms with Crippen molar-refractivity contribution in [1.29, 1.82) is 0 Å². The number of para-hydroxylation sites is 1. The van der Waals surface area contributed by atoms with Gasteiger partial charge in [0.05, 0.1) is 0 Å². The van der Waals surface area contributed by atoms with E-state index in [1.807, 2.05) is 7.05 Å². The van der Waals surface area contributed by atoms with Crippen LogP contribution >= 0.6 is 0 Å². The average molecular weight is 338 g/mol. The Morgan fingerprint density at radius 2 is 1.82 bits per heavy atom. The van der Waals surface area contributed by atoms with Crippen LogP contribution in [0.2, 0.25) is 0 Å². The highest BCUT2D eigenvalue weighted by atomic mass is 32.2. The van der Waals surface area contributed by atoms with E-state index >= 15 is 0 Å². The van der Waals surface area contributed by atoms with Gasteiger partial charge in [0.25, 0.3) is 0 Å². The summed E-state index contributed by atoms with van der Waals surface area (Å²) < 4.78 is 68.0. The third-order valence-corrected chi connectivity index (χ3v) is 4.96. The third-order valence-electron chi connectivity index (χ3n) is 3.40. The molecule has 0 amide bonds. The molecule has 124 valence electrons. The van der Waals surface area contributed by atoms with Crippen LogP contribution in [0, 0.1) is 0 Å². The molecule has 0 spiro atoms. The highest BCUT2D eigenvalue weighted by molar-refractivity contribution is 7.89. The molecule has 0 aliphatic carbocycles. The van der Waals surface area contributed by atoms with E-state index in [-0.39, 0.29) is 6.04 Å². The molecule has 0 saturated carbocycles. The lowest BCUT2D eigenvalue weighted by Gasteiger charge is -2.29. The Labute approximate surface area is 127 Å². The zero-order chi connectivity index (χ0) is 16.4. The van der Waals surface area contributed by atoms with Crippen LogP contribution in [-0.2, 0) is 10.0 Å². The number of hydrogen-bond acceptors (Lipinski definition) is 4. The summed E-state index contributed by atoms with van der Waals surface area (Å²) in [6, 6.07) is 4.43. The molecule has 1 aliphatic heterocycles. The number of ether oxygens (including phenoxy) is 1. The molecular weight excluding hydrogens is 321 g/mol. The van der Waals surface area contributed by atoms with Gasteiger partial charge in [-0.1, -0.05) is 12.1 Å². The van der Waals surface area contributed by atoms with Gasteiger partial charge in [-0.25, -0.2) is 13.1 Å². The largest absolute Gasteiger partial charge is 0.573 e. The molecule has 0 unspecified atom stereocenters. The van der Waals surface area contributed by atoms with Crippen molar-refractivity contribution in [1.82, 2.24) is 9.62 Å². The van der Waals surface area contributed by atoms with Crippen LogP contribution in [0.5, 0.6) is 5.75 Å². The maximum absolute atomic E-state index is 12.4. The highest BCUT2D eigenvalue weighted by Crippen LogP contribution is 2.29. The summed E-state index contributed by atoms with van der Waals surface area (Å²) in [5.74, 6) is -0.726. The van der Waals surface area contributed by atoms with Crippen LogP contribution in [-0.4, -0.2) is 45.9 Å². The summed E-state index contributed by atoms with van der Waals surface area (Å²) in [4.78, 5) is 1.55. The van der Waals surface area contributed by atoms with Gasteiger partial charge in [0.1, 0.15) is 10.6 Å². The van der Waals surface area contributed by atoms with Crippen molar-refractivity contribution in [2.45, 2.75) is 30.1 Å². The zero-order valence-electron chi connectivity index (χ0n) is 11.9. The normalized spacial score (nSPS) is 18.4. The fourth-order valence-corrected chi connectivity index (χ4v) is 3.72. The van der Waals surface area contributed by atoms with Crippen LogP contribution in [0.4, 0.5) is 13.2 Å². The van der Waals surface area contributed by atoms with Crippen LogP contribution in [0.15, 0.2) is 29.2 Å². The van der Waals surface area contributed by atoms with Crippen LogP contribution < -0.4 is 9.46 Å². The first kappa shape index (κ1) is 17.0. The number of rotatable bonds is 4. The lowest BCUT2D eigenvalue weighted by atomic mass is 10.1. The molecule has 5 nitrogen and oxygen atoms in total. The average Bonchev–Trinajstić information content (AvgIpc) is 2.40. The number of nitrogens with one attached hydrogen (secondary N) is 1. The number of sulfonamides is 1. The fourth-order valence-electron chi connectivity index (χ4n) is 2.29. The van der Waals surface area contributed by atoms with Gasteiger partial charge in [-0.3, -0.25) is 0 Å². The number of hydrogen-bond donors (Lipinski definition) is 1. The summed E-state index contributed by atoms with van der Waals surface area (Å²) in [6.45, 7) is 1.46.